The molecule has 0 amide bonds. The maximum absolute atomic E-state index is 9.30. The van der Waals surface area contributed by atoms with Crippen LogP contribution in [0, 0.1) is 18.3 Å². The zero-order valence-corrected chi connectivity index (χ0v) is 13.2. The SMILES string of the molecule is CCCNC(C)(C#N)CCCN(C)c1ccc(C)cc1. The Morgan fingerprint density at radius 2 is 1.95 bits per heavy atom. The Balaban J connectivity index is 2.43. The minimum atomic E-state index is -0.399. The molecule has 0 saturated heterocycles. The Morgan fingerprint density at radius 3 is 2.50 bits per heavy atom. The van der Waals surface area contributed by atoms with Crippen LogP contribution in [0.2, 0.25) is 0 Å². The van der Waals surface area contributed by atoms with Crippen LogP contribution in [-0.2, 0) is 0 Å². The molecular weight excluding hydrogens is 246 g/mol. The fraction of sp³-hybridized carbons (Fsp3) is 0.588. The van der Waals surface area contributed by atoms with Gasteiger partial charge < -0.3 is 4.90 Å². The van der Waals surface area contributed by atoms with Crippen molar-refractivity contribution in [1.29, 1.82) is 5.26 Å². The molecule has 110 valence electrons. The van der Waals surface area contributed by atoms with Gasteiger partial charge in [-0.3, -0.25) is 5.32 Å². The molecule has 0 saturated carbocycles. The fourth-order valence-corrected chi connectivity index (χ4v) is 2.18. The van der Waals surface area contributed by atoms with Gasteiger partial charge in [-0.15, -0.1) is 0 Å². The highest BCUT2D eigenvalue weighted by Crippen LogP contribution is 2.16. The van der Waals surface area contributed by atoms with E-state index < -0.39 is 5.54 Å². The van der Waals surface area contributed by atoms with Crippen LogP contribution < -0.4 is 10.2 Å². The Morgan fingerprint density at radius 1 is 1.30 bits per heavy atom. The van der Waals surface area contributed by atoms with E-state index in [1.54, 1.807) is 0 Å². The van der Waals surface area contributed by atoms with Gasteiger partial charge in [0.2, 0.25) is 0 Å². The van der Waals surface area contributed by atoms with Crippen LogP contribution >= 0.6 is 0 Å². The number of hydrogen-bond acceptors (Lipinski definition) is 3. The summed E-state index contributed by atoms with van der Waals surface area (Å²) in [6, 6.07) is 11.0. The van der Waals surface area contributed by atoms with Crippen molar-refractivity contribution in [2.24, 2.45) is 0 Å². The lowest BCUT2D eigenvalue weighted by atomic mass is 9.97. The summed E-state index contributed by atoms with van der Waals surface area (Å²) in [4.78, 5) is 2.25. The molecule has 1 N–H and O–H groups in total. The van der Waals surface area contributed by atoms with E-state index in [2.05, 4.69) is 61.4 Å². The summed E-state index contributed by atoms with van der Waals surface area (Å²) in [7, 11) is 2.11. The summed E-state index contributed by atoms with van der Waals surface area (Å²) in [6.07, 6.45) is 2.94. The summed E-state index contributed by atoms with van der Waals surface area (Å²) in [5.41, 5.74) is 2.11. The Kier molecular flexibility index (Phi) is 6.54. The minimum absolute atomic E-state index is 0.399. The van der Waals surface area contributed by atoms with Gasteiger partial charge in [-0.2, -0.15) is 5.26 Å². The van der Waals surface area contributed by atoms with E-state index in [1.165, 1.54) is 11.3 Å². The van der Waals surface area contributed by atoms with Crippen molar-refractivity contribution in [2.45, 2.75) is 45.6 Å². The van der Waals surface area contributed by atoms with Crippen molar-refractivity contribution >= 4 is 5.69 Å². The molecular formula is C17H27N3. The maximum atomic E-state index is 9.30. The van der Waals surface area contributed by atoms with E-state index in [4.69, 9.17) is 0 Å². The van der Waals surface area contributed by atoms with E-state index in [-0.39, 0.29) is 0 Å². The van der Waals surface area contributed by atoms with Gasteiger partial charge in [0.1, 0.15) is 5.54 Å². The normalized spacial score (nSPS) is 13.6. The second-order valence-electron chi connectivity index (χ2n) is 5.73. The number of anilines is 1. The molecule has 1 aromatic carbocycles. The Hall–Kier alpha value is -1.53. The third kappa shape index (κ3) is 5.22. The number of rotatable bonds is 8. The first-order valence-electron chi connectivity index (χ1n) is 7.45. The summed E-state index contributed by atoms with van der Waals surface area (Å²) in [6.45, 7) is 8.08. The lowest BCUT2D eigenvalue weighted by Crippen LogP contribution is -2.41. The van der Waals surface area contributed by atoms with E-state index in [1.807, 2.05) is 6.92 Å². The van der Waals surface area contributed by atoms with Crippen LogP contribution in [0.25, 0.3) is 0 Å². The maximum Gasteiger partial charge on any atom is 0.103 e. The van der Waals surface area contributed by atoms with Gasteiger partial charge in [0.15, 0.2) is 0 Å². The summed E-state index contributed by atoms with van der Waals surface area (Å²) in [5, 5.41) is 12.6. The smallest absolute Gasteiger partial charge is 0.103 e. The first kappa shape index (κ1) is 16.5. The predicted molar refractivity (Wildman–Crippen MR) is 86.0 cm³/mol. The number of nitrogens with zero attached hydrogens (tertiary/aromatic N) is 2. The van der Waals surface area contributed by atoms with Crippen LogP contribution in [-0.4, -0.2) is 25.7 Å². The zero-order valence-electron chi connectivity index (χ0n) is 13.2. The monoisotopic (exact) mass is 273 g/mol. The van der Waals surface area contributed by atoms with Crippen molar-refractivity contribution in [3.8, 4) is 6.07 Å². The van der Waals surface area contributed by atoms with Crippen molar-refractivity contribution in [2.75, 3.05) is 25.0 Å². The summed E-state index contributed by atoms with van der Waals surface area (Å²) >= 11 is 0. The molecule has 0 radical (unpaired) electrons. The van der Waals surface area contributed by atoms with E-state index in [0.29, 0.717) is 0 Å². The average molecular weight is 273 g/mol. The highest BCUT2D eigenvalue weighted by Gasteiger charge is 2.21. The van der Waals surface area contributed by atoms with Gasteiger partial charge in [0.25, 0.3) is 0 Å². The van der Waals surface area contributed by atoms with Crippen molar-refractivity contribution < 1.29 is 0 Å². The molecule has 0 aliphatic carbocycles. The molecule has 0 aromatic heterocycles. The lowest BCUT2D eigenvalue weighted by molar-refractivity contribution is 0.408. The molecule has 0 fully saturated rings. The topological polar surface area (TPSA) is 39.1 Å². The Labute approximate surface area is 123 Å². The number of nitriles is 1. The lowest BCUT2D eigenvalue weighted by Gasteiger charge is -2.25. The highest BCUT2D eigenvalue weighted by molar-refractivity contribution is 5.46. The molecule has 1 rings (SSSR count). The number of aryl methyl sites for hydroxylation is 1. The molecule has 0 bridgehead atoms. The van der Waals surface area contributed by atoms with E-state index >= 15 is 0 Å². The predicted octanol–water partition coefficient (Wildman–Crippen LogP) is 3.49. The largest absolute Gasteiger partial charge is 0.375 e. The van der Waals surface area contributed by atoms with Crippen molar-refractivity contribution in [3.05, 3.63) is 29.8 Å². The molecule has 1 aromatic rings. The van der Waals surface area contributed by atoms with Gasteiger partial charge in [-0.25, -0.2) is 0 Å². The quantitative estimate of drug-likeness (QED) is 0.788. The number of nitrogens with one attached hydrogen (secondary N) is 1. The van der Waals surface area contributed by atoms with Gasteiger partial charge >= 0.3 is 0 Å². The molecule has 0 aliphatic heterocycles. The summed E-state index contributed by atoms with van der Waals surface area (Å²) in [5.74, 6) is 0. The van der Waals surface area contributed by atoms with Crippen LogP contribution in [0.1, 0.15) is 38.7 Å². The van der Waals surface area contributed by atoms with Crippen molar-refractivity contribution in [3.63, 3.8) is 0 Å². The van der Waals surface area contributed by atoms with Crippen LogP contribution in [0.3, 0.4) is 0 Å². The number of benzene rings is 1. The van der Waals surface area contributed by atoms with Gasteiger partial charge in [-0.05, 0) is 51.8 Å². The van der Waals surface area contributed by atoms with Crippen LogP contribution in [0.4, 0.5) is 5.69 Å². The second kappa shape index (κ2) is 7.91. The van der Waals surface area contributed by atoms with Gasteiger partial charge in [0.05, 0.1) is 6.07 Å². The fourth-order valence-electron chi connectivity index (χ4n) is 2.18. The van der Waals surface area contributed by atoms with Crippen LogP contribution in [0.5, 0.6) is 0 Å². The first-order valence-corrected chi connectivity index (χ1v) is 7.45. The highest BCUT2D eigenvalue weighted by atomic mass is 15.1. The molecule has 3 nitrogen and oxygen atoms in total. The average Bonchev–Trinajstić information content (AvgIpc) is 2.45. The molecule has 1 atom stereocenters. The van der Waals surface area contributed by atoms with Crippen molar-refractivity contribution in [1.82, 2.24) is 5.32 Å². The van der Waals surface area contributed by atoms with Crippen LogP contribution in [0.15, 0.2) is 24.3 Å². The van der Waals surface area contributed by atoms with E-state index in [0.717, 1.165) is 32.4 Å². The molecule has 0 spiro atoms. The minimum Gasteiger partial charge on any atom is -0.375 e. The standard InChI is InChI=1S/C17H27N3/c1-5-12-19-17(3,14-18)11-6-13-20(4)16-9-7-15(2)8-10-16/h7-10,19H,5-6,11-13H2,1-4H3. The zero-order chi connectivity index (χ0) is 15.0. The first-order chi connectivity index (χ1) is 9.50. The summed E-state index contributed by atoms with van der Waals surface area (Å²) < 4.78 is 0. The third-order valence-corrected chi connectivity index (χ3v) is 3.66. The molecule has 0 heterocycles. The Bertz CT molecular complexity index is 433. The molecule has 20 heavy (non-hydrogen) atoms. The molecule has 1 unspecified atom stereocenters. The second-order valence-corrected chi connectivity index (χ2v) is 5.73. The van der Waals surface area contributed by atoms with E-state index in [9.17, 15) is 5.26 Å². The number of hydrogen-bond donors (Lipinski definition) is 1. The van der Waals surface area contributed by atoms with Gasteiger partial charge in [0, 0.05) is 19.3 Å². The molecule has 3 heteroatoms. The van der Waals surface area contributed by atoms with Gasteiger partial charge in [-0.1, -0.05) is 24.6 Å². The third-order valence-electron chi connectivity index (χ3n) is 3.66. The molecule has 0 aliphatic rings.